The van der Waals surface area contributed by atoms with Gasteiger partial charge in [0.05, 0.1) is 13.2 Å². The van der Waals surface area contributed by atoms with Gasteiger partial charge >= 0.3 is 13.8 Å². The second-order valence-electron chi connectivity index (χ2n) is 11.9. The monoisotopic (exact) mass is 635 g/mol. The molecule has 10 heteroatoms. The van der Waals surface area contributed by atoms with Gasteiger partial charge in [-0.25, -0.2) is 4.57 Å². The van der Waals surface area contributed by atoms with Gasteiger partial charge in [0, 0.05) is 19.4 Å². The van der Waals surface area contributed by atoms with E-state index >= 15 is 0 Å². The Morgan fingerprint density at radius 2 is 1.05 bits per heavy atom. The van der Waals surface area contributed by atoms with E-state index in [-0.39, 0.29) is 32.1 Å². The summed E-state index contributed by atoms with van der Waals surface area (Å²) >= 11 is 0. The normalized spacial score (nSPS) is 13.5. The molecule has 0 fully saturated rings. The minimum Gasteiger partial charge on any atom is -0.463 e. The number of aliphatic hydroxyl groups is 1. The van der Waals surface area contributed by atoms with E-state index < -0.39 is 26.5 Å². The number of phosphoric acid groups is 1. The zero-order valence-corrected chi connectivity index (χ0v) is 28.6. The molecule has 0 aromatic carbocycles. The van der Waals surface area contributed by atoms with E-state index in [0.717, 1.165) is 38.5 Å². The van der Waals surface area contributed by atoms with Crippen LogP contribution in [-0.4, -0.2) is 54.3 Å². The Balaban J connectivity index is 3.61. The van der Waals surface area contributed by atoms with Gasteiger partial charge in [-0.3, -0.25) is 18.6 Å². The number of unbranched alkanes of at least 4 members (excludes halogenated alkanes) is 20. The van der Waals surface area contributed by atoms with Crippen LogP contribution in [0.25, 0.3) is 0 Å². The average molecular weight is 636 g/mol. The second-order valence-corrected chi connectivity index (χ2v) is 13.3. The molecule has 0 spiro atoms. The van der Waals surface area contributed by atoms with Crippen LogP contribution in [0.3, 0.4) is 0 Å². The van der Waals surface area contributed by atoms with Crippen molar-refractivity contribution in [1.82, 2.24) is 5.32 Å². The molecular formula is C33H66NO8P. The number of esters is 1. The van der Waals surface area contributed by atoms with E-state index in [2.05, 4.69) is 19.2 Å². The van der Waals surface area contributed by atoms with E-state index in [1.54, 1.807) is 0 Å². The van der Waals surface area contributed by atoms with Crippen molar-refractivity contribution in [3.63, 3.8) is 0 Å². The summed E-state index contributed by atoms with van der Waals surface area (Å²) in [6.07, 6.45) is 26.1. The number of aliphatic hydroxyl groups excluding tert-OH is 1. The molecule has 0 aliphatic carbocycles. The maximum Gasteiger partial charge on any atom is 0.472 e. The summed E-state index contributed by atoms with van der Waals surface area (Å²) in [5, 5.41) is 12.6. The zero-order chi connectivity index (χ0) is 31.9. The van der Waals surface area contributed by atoms with Gasteiger partial charge in [0.25, 0.3) is 0 Å². The highest BCUT2D eigenvalue weighted by Crippen LogP contribution is 2.42. The number of phosphoric ester groups is 1. The van der Waals surface area contributed by atoms with Crippen molar-refractivity contribution in [3.05, 3.63) is 0 Å². The molecule has 9 nitrogen and oxygen atoms in total. The predicted octanol–water partition coefficient (Wildman–Crippen LogP) is 8.54. The summed E-state index contributed by atoms with van der Waals surface area (Å²) < 4.78 is 26.6. The average Bonchev–Trinajstić information content (AvgIpc) is 2.98. The molecule has 0 saturated carbocycles. The lowest BCUT2D eigenvalue weighted by atomic mass is 10.0. The molecule has 0 saturated heterocycles. The van der Waals surface area contributed by atoms with Crippen LogP contribution in [-0.2, 0) is 27.9 Å². The van der Waals surface area contributed by atoms with Gasteiger partial charge in [0.1, 0.15) is 12.7 Å². The van der Waals surface area contributed by atoms with Crippen molar-refractivity contribution < 1.29 is 37.9 Å². The number of amides is 1. The first kappa shape index (κ1) is 42.0. The number of ether oxygens (including phenoxy) is 1. The molecule has 0 heterocycles. The van der Waals surface area contributed by atoms with Crippen LogP contribution >= 0.6 is 7.82 Å². The van der Waals surface area contributed by atoms with Crippen LogP contribution in [0.1, 0.15) is 168 Å². The molecule has 0 radical (unpaired) electrons. The van der Waals surface area contributed by atoms with Crippen molar-refractivity contribution in [3.8, 4) is 0 Å². The Labute approximate surface area is 263 Å². The maximum atomic E-state index is 12.0. The molecule has 0 aliphatic rings. The fourth-order valence-electron chi connectivity index (χ4n) is 4.85. The number of rotatable bonds is 33. The van der Waals surface area contributed by atoms with E-state index in [4.69, 9.17) is 13.8 Å². The number of carbonyl (C=O) groups excluding carboxylic acids is 2. The quantitative estimate of drug-likeness (QED) is 0.0371. The lowest BCUT2D eigenvalue weighted by Crippen LogP contribution is -2.27. The number of hydrogen-bond acceptors (Lipinski definition) is 7. The Kier molecular flexibility index (Phi) is 30.3. The smallest absolute Gasteiger partial charge is 0.463 e. The summed E-state index contributed by atoms with van der Waals surface area (Å²) in [7, 11) is -4.39. The molecule has 0 bridgehead atoms. The first-order valence-corrected chi connectivity index (χ1v) is 19.0. The number of nitrogens with one attached hydrogen (secondary N) is 1. The fraction of sp³-hybridized carbons (Fsp3) is 0.939. The molecule has 2 atom stereocenters. The lowest BCUT2D eigenvalue weighted by molar-refractivity contribution is -0.147. The van der Waals surface area contributed by atoms with Crippen LogP contribution in [0.4, 0.5) is 0 Å². The van der Waals surface area contributed by atoms with Gasteiger partial charge in [0.15, 0.2) is 0 Å². The third-order valence-electron chi connectivity index (χ3n) is 7.54. The Morgan fingerprint density at radius 3 is 1.51 bits per heavy atom. The van der Waals surface area contributed by atoms with Crippen LogP contribution in [0.5, 0.6) is 0 Å². The molecule has 43 heavy (non-hydrogen) atoms. The first-order chi connectivity index (χ1) is 20.8. The largest absolute Gasteiger partial charge is 0.472 e. The third-order valence-corrected chi connectivity index (χ3v) is 8.52. The summed E-state index contributed by atoms with van der Waals surface area (Å²) in [6.45, 7) is 3.52. The third kappa shape index (κ3) is 32.2. The summed E-state index contributed by atoms with van der Waals surface area (Å²) in [5.41, 5.74) is 0. The molecule has 0 aliphatic heterocycles. The van der Waals surface area contributed by atoms with Gasteiger partial charge in [-0.05, 0) is 12.8 Å². The number of carbonyl (C=O) groups is 2. The highest BCUT2D eigenvalue weighted by atomic mass is 31.2. The Hall–Kier alpha value is -0.990. The molecule has 256 valence electrons. The van der Waals surface area contributed by atoms with E-state index in [1.165, 1.54) is 103 Å². The van der Waals surface area contributed by atoms with Gasteiger partial charge < -0.3 is 20.1 Å². The van der Waals surface area contributed by atoms with Gasteiger partial charge in [0.2, 0.25) is 5.91 Å². The van der Waals surface area contributed by atoms with Crippen molar-refractivity contribution in [1.29, 1.82) is 0 Å². The lowest BCUT2D eigenvalue weighted by Gasteiger charge is -2.15. The standard InChI is InChI=1S/C33H66NO8P/c1-3-5-7-9-11-13-14-15-16-17-18-20-22-24-26-33(37)40-29-31(35)30-42-43(38,39)41-28-27-34-32(36)25-23-21-19-12-10-8-6-4-2/h31,35H,3-30H2,1-2H3,(H,34,36)(H,38,39). The van der Waals surface area contributed by atoms with E-state index in [0.29, 0.717) is 6.42 Å². The van der Waals surface area contributed by atoms with Crippen molar-refractivity contribution in [2.75, 3.05) is 26.4 Å². The van der Waals surface area contributed by atoms with Gasteiger partial charge in [-0.2, -0.15) is 0 Å². The topological polar surface area (TPSA) is 131 Å². The molecule has 0 aromatic heterocycles. The highest BCUT2D eigenvalue weighted by molar-refractivity contribution is 7.47. The Bertz CT molecular complexity index is 694. The van der Waals surface area contributed by atoms with Gasteiger partial charge in [-0.15, -0.1) is 0 Å². The predicted molar refractivity (Wildman–Crippen MR) is 174 cm³/mol. The van der Waals surface area contributed by atoms with E-state index in [9.17, 15) is 24.2 Å². The minimum absolute atomic E-state index is 0.0865. The highest BCUT2D eigenvalue weighted by Gasteiger charge is 2.23. The van der Waals surface area contributed by atoms with Crippen LogP contribution in [0, 0.1) is 0 Å². The maximum absolute atomic E-state index is 12.0. The molecule has 0 aromatic rings. The first-order valence-electron chi connectivity index (χ1n) is 17.5. The van der Waals surface area contributed by atoms with Crippen LogP contribution in [0.15, 0.2) is 0 Å². The molecule has 3 N–H and O–H groups in total. The summed E-state index contributed by atoms with van der Waals surface area (Å²) in [6, 6.07) is 0. The fourth-order valence-corrected chi connectivity index (χ4v) is 5.61. The summed E-state index contributed by atoms with van der Waals surface area (Å²) in [4.78, 5) is 33.5. The second kappa shape index (κ2) is 31.0. The number of hydrogen-bond donors (Lipinski definition) is 3. The van der Waals surface area contributed by atoms with Crippen LogP contribution in [0.2, 0.25) is 0 Å². The molecule has 1 amide bonds. The molecule has 0 rings (SSSR count). The Morgan fingerprint density at radius 1 is 0.628 bits per heavy atom. The zero-order valence-electron chi connectivity index (χ0n) is 27.7. The van der Waals surface area contributed by atoms with Crippen molar-refractivity contribution in [2.24, 2.45) is 0 Å². The molecule has 2 unspecified atom stereocenters. The minimum atomic E-state index is -4.39. The van der Waals surface area contributed by atoms with Gasteiger partial charge in [-0.1, -0.05) is 142 Å². The molecular weight excluding hydrogens is 569 g/mol. The summed E-state index contributed by atoms with van der Waals surface area (Å²) in [5.74, 6) is -0.515. The van der Waals surface area contributed by atoms with E-state index in [1.807, 2.05) is 0 Å². The SMILES string of the molecule is CCCCCCCCCCCCCCCCC(=O)OCC(O)COP(=O)(O)OCCNC(=O)CCCCCCCCCC. The van der Waals surface area contributed by atoms with Crippen molar-refractivity contribution >= 4 is 19.7 Å². The van der Waals surface area contributed by atoms with Crippen molar-refractivity contribution in [2.45, 2.75) is 174 Å². The van der Waals surface area contributed by atoms with Crippen LogP contribution < -0.4 is 5.32 Å².